The van der Waals surface area contributed by atoms with E-state index in [0.717, 1.165) is 0 Å². The van der Waals surface area contributed by atoms with Crippen molar-refractivity contribution in [3.63, 3.8) is 0 Å². The molecule has 0 aliphatic rings. The van der Waals surface area contributed by atoms with E-state index < -0.39 is 5.97 Å². The Balaban J connectivity index is 2.28. The van der Waals surface area contributed by atoms with E-state index in [1.54, 1.807) is 22.9 Å². The molecule has 0 fully saturated rings. The van der Waals surface area contributed by atoms with Crippen LogP contribution in [0.3, 0.4) is 0 Å². The Morgan fingerprint density at radius 2 is 2.31 bits per heavy atom. The molecule has 82 valence electrons. The van der Waals surface area contributed by atoms with Crippen LogP contribution in [0.25, 0.3) is 5.69 Å². The number of aromatic nitrogens is 2. The first-order valence-corrected chi connectivity index (χ1v) is 4.66. The number of carboxylic acid groups (broad SMARTS) is 1. The van der Waals surface area contributed by atoms with Gasteiger partial charge in [-0.2, -0.15) is 0 Å². The zero-order chi connectivity index (χ0) is 11.5. The first-order valence-electron chi connectivity index (χ1n) is 4.66. The molecule has 0 amide bonds. The van der Waals surface area contributed by atoms with Crippen LogP contribution in [0.5, 0.6) is 0 Å². The number of aliphatic carboxylic acids is 1. The van der Waals surface area contributed by atoms with Gasteiger partial charge in [-0.15, -0.1) is 0 Å². The van der Waals surface area contributed by atoms with Gasteiger partial charge in [0.2, 0.25) is 0 Å². The Labute approximate surface area is 91.0 Å². The van der Waals surface area contributed by atoms with Crippen molar-refractivity contribution >= 4 is 5.97 Å². The Kier molecular flexibility index (Phi) is 2.68. The van der Waals surface area contributed by atoms with Crippen molar-refractivity contribution in [1.29, 1.82) is 0 Å². The molecule has 0 bridgehead atoms. The number of hydrogen-bond donors (Lipinski definition) is 1. The van der Waals surface area contributed by atoms with Crippen LogP contribution in [0.2, 0.25) is 0 Å². The van der Waals surface area contributed by atoms with Crippen molar-refractivity contribution < 1.29 is 14.3 Å². The van der Waals surface area contributed by atoms with E-state index >= 15 is 0 Å². The van der Waals surface area contributed by atoms with E-state index in [-0.39, 0.29) is 12.2 Å². The van der Waals surface area contributed by atoms with Gasteiger partial charge in [-0.05, 0) is 18.2 Å². The second-order valence-corrected chi connectivity index (χ2v) is 3.32. The van der Waals surface area contributed by atoms with Gasteiger partial charge in [0.1, 0.15) is 5.82 Å². The number of rotatable bonds is 3. The molecule has 4 nitrogen and oxygen atoms in total. The number of halogens is 1. The monoisotopic (exact) mass is 220 g/mol. The third-order valence-corrected chi connectivity index (χ3v) is 2.07. The largest absolute Gasteiger partial charge is 0.481 e. The van der Waals surface area contributed by atoms with Gasteiger partial charge in [-0.25, -0.2) is 9.37 Å². The molecule has 1 N–H and O–H groups in total. The Morgan fingerprint density at radius 3 is 3.00 bits per heavy atom. The van der Waals surface area contributed by atoms with Crippen molar-refractivity contribution in [2.24, 2.45) is 0 Å². The highest BCUT2D eigenvalue weighted by Gasteiger charge is 2.05. The summed E-state index contributed by atoms with van der Waals surface area (Å²) in [6.07, 6.45) is 2.90. The summed E-state index contributed by atoms with van der Waals surface area (Å²) in [5, 5.41) is 8.58. The van der Waals surface area contributed by atoms with Crippen LogP contribution in [0, 0.1) is 5.82 Å². The first kappa shape index (κ1) is 10.4. The Bertz CT molecular complexity index is 522. The SMILES string of the molecule is O=C(O)Cc1cn(-c2cccc(F)c2)cn1. The molecule has 0 atom stereocenters. The van der Waals surface area contributed by atoms with Gasteiger partial charge in [0, 0.05) is 11.9 Å². The first-order chi connectivity index (χ1) is 7.65. The predicted octanol–water partition coefficient (Wildman–Crippen LogP) is 1.64. The fourth-order valence-corrected chi connectivity index (χ4v) is 1.39. The number of hydrogen-bond acceptors (Lipinski definition) is 2. The van der Waals surface area contributed by atoms with Gasteiger partial charge in [0.15, 0.2) is 0 Å². The summed E-state index contributed by atoms with van der Waals surface area (Å²) in [5.74, 6) is -1.28. The summed E-state index contributed by atoms with van der Waals surface area (Å²) < 4.78 is 14.5. The van der Waals surface area contributed by atoms with Crippen molar-refractivity contribution in [2.75, 3.05) is 0 Å². The van der Waals surface area contributed by atoms with Crippen molar-refractivity contribution in [1.82, 2.24) is 9.55 Å². The summed E-state index contributed by atoms with van der Waals surface area (Å²) in [4.78, 5) is 14.4. The maximum atomic E-state index is 12.9. The van der Waals surface area contributed by atoms with E-state index in [4.69, 9.17) is 5.11 Å². The molecule has 0 radical (unpaired) electrons. The zero-order valence-electron chi connectivity index (χ0n) is 8.30. The fourth-order valence-electron chi connectivity index (χ4n) is 1.39. The molecule has 0 aliphatic heterocycles. The second-order valence-electron chi connectivity index (χ2n) is 3.32. The van der Waals surface area contributed by atoms with Gasteiger partial charge in [0.05, 0.1) is 18.4 Å². The fraction of sp³-hybridized carbons (Fsp3) is 0.0909. The van der Waals surface area contributed by atoms with Gasteiger partial charge in [-0.3, -0.25) is 4.79 Å². The van der Waals surface area contributed by atoms with E-state index in [2.05, 4.69) is 4.98 Å². The molecule has 16 heavy (non-hydrogen) atoms. The molecule has 1 aromatic heterocycles. The van der Waals surface area contributed by atoms with Crippen molar-refractivity contribution in [3.8, 4) is 5.69 Å². The number of carboxylic acids is 1. The normalized spacial score (nSPS) is 10.3. The smallest absolute Gasteiger partial charge is 0.309 e. The predicted molar refractivity (Wildman–Crippen MR) is 54.9 cm³/mol. The molecular formula is C11H9FN2O2. The van der Waals surface area contributed by atoms with Gasteiger partial charge in [-0.1, -0.05) is 6.07 Å². The Hall–Kier alpha value is -2.17. The standard InChI is InChI=1S/C11H9FN2O2/c12-8-2-1-3-10(4-8)14-6-9(13-7-14)5-11(15)16/h1-4,6-7H,5H2,(H,15,16). The van der Waals surface area contributed by atoms with E-state index in [9.17, 15) is 9.18 Å². The second kappa shape index (κ2) is 4.14. The lowest BCUT2D eigenvalue weighted by Gasteiger charge is -2.00. The topological polar surface area (TPSA) is 55.1 Å². The third-order valence-electron chi connectivity index (χ3n) is 2.07. The highest BCUT2D eigenvalue weighted by molar-refractivity contribution is 5.69. The third kappa shape index (κ3) is 2.25. The van der Waals surface area contributed by atoms with Crippen LogP contribution in [0.1, 0.15) is 5.69 Å². The number of benzene rings is 1. The van der Waals surface area contributed by atoms with Crippen LogP contribution in [0.15, 0.2) is 36.8 Å². The molecule has 2 rings (SSSR count). The highest BCUT2D eigenvalue weighted by atomic mass is 19.1. The number of carbonyl (C=O) groups is 1. The number of nitrogens with zero attached hydrogens (tertiary/aromatic N) is 2. The van der Waals surface area contributed by atoms with Crippen LogP contribution >= 0.6 is 0 Å². The minimum Gasteiger partial charge on any atom is -0.481 e. The maximum Gasteiger partial charge on any atom is 0.309 e. The van der Waals surface area contributed by atoms with Crippen LogP contribution < -0.4 is 0 Å². The lowest BCUT2D eigenvalue weighted by molar-refractivity contribution is -0.136. The van der Waals surface area contributed by atoms with Crippen LogP contribution in [-0.2, 0) is 11.2 Å². The molecule has 1 heterocycles. The molecule has 2 aromatic rings. The average molecular weight is 220 g/mol. The lowest BCUT2D eigenvalue weighted by atomic mass is 10.3. The minimum atomic E-state index is -0.940. The van der Waals surface area contributed by atoms with E-state index in [1.807, 2.05) is 0 Å². The van der Waals surface area contributed by atoms with Crippen LogP contribution in [0.4, 0.5) is 4.39 Å². The summed E-state index contributed by atoms with van der Waals surface area (Å²) in [7, 11) is 0. The van der Waals surface area contributed by atoms with Gasteiger partial charge >= 0.3 is 5.97 Å². The summed E-state index contributed by atoms with van der Waals surface area (Å²) in [6, 6.07) is 6.00. The van der Waals surface area contributed by atoms with Crippen molar-refractivity contribution in [2.45, 2.75) is 6.42 Å². The highest BCUT2D eigenvalue weighted by Crippen LogP contribution is 2.10. The molecule has 5 heteroatoms. The molecule has 0 unspecified atom stereocenters. The summed E-state index contributed by atoms with van der Waals surface area (Å²) in [6.45, 7) is 0. The average Bonchev–Trinajstić information content (AvgIpc) is 2.65. The summed E-state index contributed by atoms with van der Waals surface area (Å²) in [5.41, 5.74) is 1.06. The molecule has 0 spiro atoms. The molecule has 0 saturated carbocycles. The van der Waals surface area contributed by atoms with E-state index in [1.165, 1.54) is 18.5 Å². The lowest BCUT2D eigenvalue weighted by Crippen LogP contribution is -1.99. The Morgan fingerprint density at radius 1 is 1.50 bits per heavy atom. The van der Waals surface area contributed by atoms with Crippen molar-refractivity contribution in [3.05, 3.63) is 48.3 Å². The van der Waals surface area contributed by atoms with E-state index in [0.29, 0.717) is 11.4 Å². The molecule has 1 aromatic carbocycles. The van der Waals surface area contributed by atoms with Gasteiger partial charge < -0.3 is 9.67 Å². The van der Waals surface area contributed by atoms with Crippen LogP contribution in [-0.4, -0.2) is 20.6 Å². The molecular weight excluding hydrogens is 211 g/mol. The van der Waals surface area contributed by atoms with Gasteiger partial charge in [0.25, 0.3) is 0 Å². The molecule has 0 saturated heterocycles. The number of imidazole rings is 1. The quantitative estimate of drug-likeness (QED) is 0.855. The zero-order valence-corrected chi connectivity index (χ0v) is 8.30. The maximum absolute atomic E-state index is 12.9. The molecule has 0 aliphatic carbocycles. The summed E-state index contributed by atoms with van der Waals surface area (Å²) >= 11 is 0. The minimum absolute atomic E-state index is 0.137.